The molecule has 1 heterocycles. The average Bonchev–Trinajstić information content (AvgIpc) is 3.22. The van der Waals surface area contributed by atoms with E-state index in [2.05, 4.69) is 15.5 Å². The summed E-state index contributed by atoms with van der Waals surface area (Å²) in [5.74, 6) is 2.06. The first kappa shape index (κ1) is 19.9. The summed E-state index contributed by atoms with van der Waals surface area (Å²) in [5, 5.41) is 7.07. The predicted octanol–water partition coefficient (Wildman–Crippen LogP) is 3.09. The Morgan fingerprint density at radius 1 is 1.30 bits per heavy atom. The van der Waals surface area contributed by atoms with E-state index in [-0.39, 0.29) is 30.3 Å². The Bertz CT molecular complexity index is 474. The normalized spacial score (nSPS) is 15.3. The van der Waals surface area contributed by atoms with E-state index in [9.17, 15) is 4.79 Å². The molecule has 3 N–H and O–H groups in total. The van der Waals surface area contributed by atoms with Gasteiger partial charge in [-0.15, -0.1) is 12.4 Å². The maximum atomic E-state index is 12.1. The third kappa shape index (κ3) is 6.47. The Balaban J connectivity index is 0.00000264. The van der Waals surface area contributed by atoms with Crippen LogP contribution in [0.15, 0.2) is 4.52 Å². The molecule has 0 spiro atoms. The lowest BCUT2D eigenvalue weighted by Gasteiger charge is -2.18. The van der Waals surface area contributed by atoms with Crippen molar-refractivity contribution in [2.45, 2.75) is 70.8 Å². The molecule has 0 aromatic carbocycles. The van der Waals surface area contributed by atoms with Crippen LogP contribution in [0.2, 0.25) is 0 Å². The molecule has 1 fully saturated rings. The van der Waals surface area contributed by atoms with Crippen molar-refractivity contribution in [1.82, 2.24) is 15.5 Å². The Morgan fingerprint density at radius 3 is 2.61 bits per heavy atom. The number of hydrogen-bond donors (Lipinski definition) is 2. The summed E-state index contributed by atoms with van der Waals surface area (Å²) in [4.78, 5) is 16.6. The van der Waals surface area contributed by atoms with Crippen LogP contribution >= 0.6 is 12.4 Å². The smallest absolute Gasteiger partial charge is 0.249 e. The van der Waals surface area contributed by atoms with Crippen LogP contribution in [0.3, 0.4) is 0 Å². The van der Waals surface area contributed by atoms with Gasteiger partial charge in [0.25, 0.3) is 0 Å². The highest BCUT2D eigenvalue weighted by Crippen LogP contribution is 2.38. The molecule has 1 aromatic heterocycles. The molecule has 0 radical (unpaired) electrons. The maximum Gasteiger partial charge on any atom is 0.249 e. The van der Waals surface area contributed by atoms with Crippen LogP contribution < -0.4 is 11.1 Å². The molecule has 6 nitrogen and oxygen atoms in total. The summed E-state index contributed by atoms with van der Waals surface area (Å²) in [6, 6.07) is -0.198. The zero-order chi connectivity index (χ0) is 15.9. The summed E-state index contributed by atoms with van der Waals surface area (Å²) in [6.45, 7) is 4.82. The van der Waals surface area contributed by atoms with Gasteiger partial charge in [-0.05, 0) is 38.1 Å². The Kier molecular flexibility index (Phi) is 8.55. The van der Waals surface area contributed by atoms with Crippen molar-refractivity contribution in [2.75, 3.05) is 6.54 Å². The minimum Gasteiger partial charge on any atom is -0.344 e. The first-order valence-corrected chi connectivity index (χ1v) is 8.44. The van der Waals surface area contributed by atoms with Crippen molar-refractivity contribution >= 4 is 18.3 Å². The van der Waals surface area contributed by atoms with Crippen molar-refractivity contribution < 1.29 is 9.32 Å². The number of halogens is 1. The topological polar surface area (TPSA) is 94.0 Å². The number of unbranched alkanes of at least 4 members (excludes halogenated alkanes) is 3. The van der Waals surface area contributed by atoms with Gasteiger partial charge in [0, 0.05) is 12.3 Å². The summed E-state index contributed by atoms with van der Waals surface area (Å²) in [5.41, 5.74) is 5.46. The number of nitrogens with two attached hydrogens (primary N) is 1. The van der Waals surface area contributed by atoms with E-state index >= 15 is 0 Å². The quantitative estimate of drug-likeness (QED) is 0.636. The van der Waals surface area contributed by atoms with Gasteiger partial charge in [-0.1, -0.05) is 31.8 Å². The molecular weight excluding hydrogens is 316 g/mol. The number of rotatable bonds is 10. The average molecular weight is 345 g/mol. The summed E-state index contributed by atoms with van der Waals surface area (Å²) >= 11 is 0. The van der Waals surface area contributed by atoms with E-state index in [1.807, 2.05) is 13.8 Å². The molecule has 23 heavy (non-hydrogen) atoms. The molecule has 2 rings (SSSR count). The molecule has 1 aliphatic rings. The van der Waals surface area contributed by atoms with E-state index in [1.54, 1.807) is 0 Å². The second kappa shape index (κ2) is 9.88. The number of nitrogens with one attached hydrogen (secondary N) is 1. The number of hydrogen-bond acceptors (Lipinski definition) is 5. The van der Waals surface area contributed by atoms with Gasteiger partial charge in [0.15, 0.2) is 5.82 Å². The minimum absolute atomic E-state index is 0. The fraction of sp³-hybridized carbons (Fsp3) is 0.812. The first-order valence-electron chi connectivity index (χ1n) is 8.44. The number of nitrogens with zero attached hydrogens (tertiary/aromatic N) is 2. The molecule has 0 bridgehead atoms. The van der Waals surface area contributed by atoms with Gasteiger partial charge in [0.05, 0.1) is 0 Å². The van der Waals surface area contributed by atoms with Gasteiger partial charge >= 0.3 is 0 Å². The summed E-state index contributed by atoms with van der Waals surface area (Å²) in [6.07, 6.45) is 6.88. The van der Waals surface area contributed by atoms with Crippen LogP contribution in [-0.2, 0) is 4.79 Å². The van der Waals surface area contributed by atoms with Crippen LogP contribution in [-0.4, -0.2) is 22.6 Å². The molecule has 1 atom stereocenters. The van der Waals surface area contributed by atoms with E-state index in [0.717, 1.165) is 50.9 Å². The van der Waals surface area contributed by atoms with Crippen LogP contribution in [0.5, 0.6) is 0 Å². The molecule has 1 saturated carbocycles. The van der Waals surface area contributed by atoms with Crippen molar-refractivity contribution in [3.8, 4) is 0 Å². The number of carbonyl (C=O) groups excluding carboxylic acids is 1. The zero-order valence-electron chi connectivity index (χ0n) is 14.1. The third-order valence-electron chi connectivity index (χ3n) is 4.01. The van der Waals surface area contributed by atoms with Gasteiger partial charge in [0.1, 0.15) is 6.04 Å². The van der Waals surface area contributed by atoms with Crippen LogP contribution in [0.1, 0.15) is 82.5 Å². The second-order valence-corrected chi connectivity index (χ2v) is 6.51. The minimum atomic E-state index is -0.198. The largest absolute Gasteiger partial charge is 0.344 e. The molecule has 1 aliphatic carbocycles. The van der Waals surface area contributed by atoms with Crippen LogP contribution in [0.4, 0.5) is 0 Å². The Hall–Kier alpha value is -1.14. The van der Waals surface area contributed by atoms with E-state index < -0.39 is 0 Å². The van der Waals surface area contributed by atoms with Crippen molar-refractivity contribution in [3.63, 3.8) is 0 Å². The lowest BCUT2D eigenvalue weighted by molar-refractivity contribution is -0.122. The highest BCUT2D eigenvalue weighted by atomic mass is 35.5. The van der Waals surface area contributed by atoms with E-state index in [1.165, 1.54) is 0 Å². The lowest BCUT2D eigenvalue weighted by Crippen LogP contribution is -2.31. The maximum absolute atomic E-state index is 12.1. The number of amides is 1. The molecule has 132 valence electrons. The van der Waals surface area contributed by atoms with Gasteiger partial charge < -0.3 is 15.6 Å². The SMILES string of the molecule is CC(C)C(NC(=O)CCCCCCN)c1nc(C2CC2)no1.Cl. The lowest BCUT2D eigenvalue weighted by atomic mass is 10.0. The summed E-state index contributed by atoms with van der Waals surface area (Å²) < 4.78 is 5.36. The molecule has 1 unspecified atom stereocenters. The standard InChI is InChI=1S/C16H28N4O2.ClH/c1-11(2)14(16-19-15(20-22-16)12-8-9-12)18-13(21)7-5-3-4-6-10-17;/h11-12,14H,3-10,17H2,1-2H3,(H,18,21);1H. The Morgan fingerprint density at radius 2 is 2.00 bits per heavy atom. The van der Waals surface area contributed by atoms with Crippen molar-refractivity contribution in [1.29, 1.82) is 0 Å². The van der Waals surface area contributed by atoms with E-state index in [4.69, 9.17) is 10.3 Å². The fourth-order valence-electron chi connectivity index (χ4n) is 2.42. The predicted molar refractivity (Wildman–Crippen MR) is 91.4 cm³/mol. The molecule has 0 aliphatic heterocycles. The van der Waals surface area contributed by atoms with Crippen molar-refractivity contribution in [2.24, 2.45) is 11.7 Å². The Labute approximate surface area is 144 Å². The molecular formula is C16H29ClN4O2. The first-order chi connectivity index (χ1) is 10.6. The molecule has 1 aromatic rings. The highest BCUT2D eigenvalue weighted by molar-refractivity contribution is 5.85. The number of carbonyl (C=O) groups is 1. The van der Waals surface area contributed by atoms with Gasteiger partial charge in [-0.3, -0.25) is 4.79 Å². The zero-order valence-corrected chi connectivity index (χ0v) is 14.9. The van der Waals surface area contributed by atoms with Gasteiger partial charge in [-0.2, -0.15) is 4.98 Å². The molecule has 1 amide bonds. The van der Waals surface area contributed by atoms with Crippen LogP contribution in [0.25, 0.3) is 0 Å². The number of aromatic nitrogens is 2. The van der Waals surface area contributed by atoms with E-state index in [0.29, 0.717) is 18.2 Å². The van der Waals surface area contributed by atoms with Crippen molar-refractivity contribution in [3.05, 3.63) is 11.7 Å². The summed E-state index contributed by atoms with van der Waals surface area (Å²) in [7, 11) is 0. The third-order valence-corrected chi connectivity index (χ3v) is 4.01. The van der Waals surface area contributed by atoms with Crippen LogP contribution in [0, 0.1) is 5.92 Å². The molecule has 0 saturated heterocycles. The monoisotopic (exact) mass is 344 g/mol. The molecule has 7 heteroatoms. The highest BCUT2D eigenvalue weighted by Gasteiger charge is 2.31. The fourth-order valence-corrected chi connectivity index (χ4v) is 2.42. The van der Waals surface area contributed by atoms with Gasteiger partial charge in [0.2, 0.25) is 11.8 Å². The second-order valence-electron chi connectivity index (χ2n) is 6.51. The van der Waals surface area contributed by atoms with Gasteiger partial charge in [-0.25, -0.2) is 0 Å².